The van der Waals surface area contributed by atoms with E-state index in [1.807, 2.05) is 0 Å². The van der Waals surface area contributed by atoms with Gasteiger partial charge in [-0.05, 0) is 62.4 Å². The quantitative estimate of drug-likeness (QED) is 0.584. The molecule has 0 spiro atoms. The first-order valence-corrected chi connectivity index (χ1v) is 10.3. The first kappa shape index (κ1) is 20.7. The summed E-state index contributed by atoms with van der Waals surface area (Å²) in [4.78, 5) is 12.0. The molecule has 8 nitrogen and oxygen atoms in total. The number of nitrogens with one attached hydrogen (secondary N) is 2. The summed E-state index contributed by atoms with van der Waals surface area (Å²) in [6.45, 7) is 3.21. The number of aromatic nitrogens is 1. The van der Waals surface area contributed by atoms with Crippen LogP contribution in [-0.4, -0.2) is 26.1 Å². The van der Waals surface area contributed by atoms with Crippen LogP contribution in [0.25, 0.3) is 0 Å². The minimum Gasteiger partial charge on any atom is -0.484 e. The van der Waals surface area contributed by atoms with E-state index in [0.29, 0.717) is 27.7 Å². The van der Waals surface area contributed by atoms with Crippen molar-refractivity contribution in [2.45, 2.75) is 18.7 Å². The number of hydrogen-bond acceptors (Lipinski definition) is 6. The number of aryl methyl sites for hydroxylation is 1. The number of halogens is 1. The summed E-state index contributed by atoms with van der Waals surface area (Å²) in [5, 5.41) is 6.92. The minimum absolute atomic E-state index is 0.0152. The molecule has 0 bridgehead atoms. The number of carbonyl (C=O) groups excluding carboxylic acids is 1. The molecule has 152 valence electrons. The molecule has 3 rings (SSSR count). The molecule has 10 heteroatoms. The van der Waals surface area contributed by atoms with Gasteiger partial charge in [-0.15, -0.1) is 0 Å². The van der Waals surface area contributed by atoms with E-state index in [1.165, 1.54) is 24.3 Å². The van der Waals surface area contributed by atoms with Crippen LogP contribution in [0.3, 0.4) is 0 Å². The summed E-state index contributed by atoms with van der Waals surface area (Å²) in [5.74, 6) is 0.190. The fourth-order valence-corrected chi connectivity index (χ4v) is 3.46. The average molecular weight is 436 g/mol. The molecule has 0 aliphatic heterocycles. The summed E-state index contributed by atoms with van der Waals surface area (Å²) in [5.41, 5.74) is 1.64. The molecule has 2 N–H and O–H groups in total. The maximum atomic E-state index is 12.5. The number of carbonyl (C=O) groups is 1. The van der Waals surface area contributed by atoms with Crippen LogP contribution < -0.4 is 14.8 Å². The molecule has 0 aliphatic rings. The zero-order chi connectivity index (χ0) is 21.0. The Morgan fingerprint density at radius 2 is 1.76 bits per heavy atom. The Balaban J connectivity index is 1.59. The Labute approximate surface area is 172 Å². The fourth-order valence-electron chi connectivity index (χ4n) is 2.29. The molecule has 0 saturated carbocycles. The van der Waals surface area contributed by atoms with E-state index < -0.39 is 10.0 Å². The van der Waals surface area contributed by atoms with Gasteiger partial charge < -0.3 is 14.6 Å². The lowest BCUT2D eigenvalue weighted by molar-refractivity contribution is -0.118. The van der Waals surface area contributed by atoms with Gasteiger partial charge in [0.1, 0.15) is 5.75 Å². The lowest BCUT2D eigenvalue weighted by Crippen LogP contribution is -2.20. The van der Waals surface area contributed by atoms with Crippen molar-refractivity contribution < 1.29 is 22.5 Å². The van der Waals surface area contributed by atoms with Crippen LogP contribution in [0.1, 0.15) is 11.3 Å². The third-order valence-electron chi connectivity index (χ3n) is 4.02. The van der Waals surface area contributed by atoms with E-state index >= 15 is 0 Å². The van der Waals surface area contributed by atoms with Crippen molar-refractivity contribution >= 4 is 39.1 Å². The molecule has 0 atom stereocenters. The van der Waals surface area contributed by atoms with E-state index in [-0.39, 0.29) is 23.3 Å². The number of benzene rings is 2. The molecular weight excluding hydrogens is 418 g/mol. The minimum atomic E-state index is -3.85. The molecule has 3 aromatic rings. The molecule has 0 unspecified atom stereocenters. The number of ether oxygens (including phenoxy) is 1. The number of anilines is 2. The van der Waals surface area contributed by atoms with Gasteiger partial charge in [0.25, 0.3) is 15.9 Å². The number of amides is 1. The molecule has 0 aliphatic carbocycles. The van der Waals surface area contributed by atoms with Gasteiger partial charge >= 0.3 is 0 Å². The molecule has 29 heavy (non-hydrogen) atoms. The zero-order valence-electron chi connectivity index (χ0n) is 15.6. The van der Waals surface area contributed by atoms with Crippen LogP contribution in [0.15, 0.2) is 57.9 Å². The third-order valence-corrected chi connectivity index (χ3v) is 5.62. The van der Waals surface area contributed by atoms with Gasteiger partial charge in [0, 0.05) is 16.3 Å². The second kappa shape index (κ2) is 8.54. The maximum Gasteiger partial charge on any atom is 0.264 e. The predicted molar refractivity (Wildman–Crippen MR) is 109 cm³/mol. The largest absolute Gasteiger partial charge is 0.484 e. The third kappa shape index (κ3) is 5.27. The van der Waals surface area contributed by atoms with Crippen molar-refractivity contribution in [3.63, 3.8) is 0 Å². The lowest BCUT2D eigenvalue weighted by atomic mass is 10.3. The number of hydrogen-bond donors (Lipinski definition) is 2. The van der Waals surface area contributed by atoms with Crippen molar-refractivity contribution in [2.24, 2.45) is 0 Å². The highest BCUT2D eigenvalue weighted by Crippen LogP contribution is 2.22. The van der Waals surface area contributed by atoms with Gasteiger partial charge in [-0.1, -0.05) is 16.8 Å². The standard InChI is InChI=1S/C19H18ClN3O5S/c1-12-13(2)22-28-19(12)23-29(25,26)17-9-5-15(6-10-17)21-18(24)11-27-16-7-3-14(20)4-8-16/h3-10,23H,11H2,1-2H3,(H,21,24). The Hall–Kier alpha value is -3.04. The summed E-state index contributed by atoms with van der Waals surface area (Å²) < 4.78 is 37.6. The Bertz CT molecular complexity index is 1110. The van der Waals surface area contributed by atoms with Crippen molar-refractivity contribution in [1.82, 2.24) is 5.16 Å². The number of sulfonamides is 1. The van der Waals surface area contributed by atoms with Gasteiger partial charge in [-0.25, -0.2) is 13.1 Å². The van der Waals surface area contributed by atoms with Gasteiger partial charge in [0.05, 0.1) is 10.6 Å². The SMILES string of the molecule is Cc1noc(NS(=O)(=O)c2ccc(NC(=O)COc3ccc(Cl)cc3)cc2)c1C. The van der Waals surface area contributed by atoms with Crippen LogP contribution in [0.5, 0.6) is 5.75 Å². The van der Waals surface area contributed by atoms with Crippen molar-refractivity contribution in [3.8, 4) is 5.75 Å². The highest BCUT2D eigenvalue weighted by Gasteiger charge is 2.19. The Kier molecular flexibility index (Phi) is 6.09. The van der Waals surface area contributed by atoms with Crippen molar-refractivity contribution in [3.05, 3.63) is 64.8 Å². The summed E-state index contributed by atoms with van der Waals surface area (Å²) >= 11 is 5.79. The normalized spacial score (nSPS) is 11.1. The highest BCUT2D eigenvalue weighted by molar-refractivity contribution is 7.92. The van der Waals surface area contributed by atoms with E-state index in [1.54, 1.807) is 38.1 Å². The Morgan fingerprint density at radius 3 is 2.34 bits per heavy atom. The maximum absolute atomic E-state index is 12.5. The van der Waals surface area contributed by atoms with E-state index in [0.717, 1.165) is 0 Å². The first-order chi connectivity index (χ1) is 13.7. The van der Waals surface area contributed by atoms with Crippen LogP contribution in [0, 0.1) is 13.8 Å². The molecule has 1 amide bonds. The lowest BCUT2D eigenvalue weighted by Gasteiger charge is -2.09. The second-order valence-corrected chi connectivity index (χ2v) is 8.26. The summed E-state index contributed by atoms with van der Waals surface area (Å²) in [6, 6.07) is 12.3. The number of rotatable bonds is 7. The topological polar surface area (TPSA) is 111 Å². The smallest absolute Gasteiger partial charge is 0.264 e. The van der Waals surface area contributed by atoms with Crippen LogP contribution >= 0.6 is 11.6 Å². The Morgan fingerprint density at radius 1 is 1.10 bits per heavy atom. The van der Waals surface area contributed by atoms with Crippen LogP contribution in [-0.2, 0) is 14.8 Å². The van der Waals surface area contributed by atoms with Crippen LogP contribution in [0.2, 0.25) is 5.02 Å². The van der Waals surface area contributed by atoms with Crippen LogP contribution in [0.4, 0.5) is 11.6 Å². The molecule has 0 radical (unpaired) electrons. The molecular formula is C19H18ClN3O5S. The molecule has 0 saturated heterocycles. The zero-order valence-corrected chi connectivity index (χ0v) is 17.2. The summed E-state index contributed by atoms with van der Waals surface area (Å²) in [6.07, 6.45) is 0. The van der Waals surface area contributed by atoms with Gasteiger partial charge in [0.2, 0.25) is 5.88 Å². The molecule has 1 aromatic heterocycles. The van der Waals surface area contributed by atoms with E-state index in [9.17, 15) is 13.2 Å². The second-order valence-electron chi connectivity index (χ2n) is 6.14. The van der Waals surface area contributed by atoms with Gasteiger partial charge in [-0.3, -0.25) is 4.79 Å². The molecule has 2 aromatic carbocycles. The van der Waals surface area contributed by atoms with E-state index in [2.05, 4.69) is 15.2 Å². The van der Waals surface area contributed by atoms with Crippen molar-refractivity contribution in [2.75, 3.05) is 16.6 Å². The summed E-state index contributed by atoms with van der Waals surface area (Å²) in [7, 11) is -3.85. The van der Waals surface area contributed by atoms with Crippen molar-refractivity contribution in [1.29, 1.82) is 0 Å². The monoisotopic (exact) mass is 435 g/mol. The fraction of sp³-hybridized carbons (Fsp3) is 0.158. The van der Waals surface area contributed by atoms with E-state index in [4.69, 9.17) is 20.9 Å². The highest BCUT2D eigenvalue weighted by atomic mass is 35.5. The average Bonchev–Trinajstić information content (AvgIpc) is 2.99. The van der Waals surface area contributed by atoms with Gasteiger partial charge in [-0.2, -0.15) is 0 Å². The number of nitrogens with zero attached hydrogens (tertiary/aromatic N) is 1. The first-order valence-electron chi connectivity index (χ1n) is 8.48. The predicted octanol–water partition coefficient (Wildman–Crippen LogP) is 3.76. The molecule has 1 heterocycles. The van der Waals surface area contributed by atoms with Gasteiger partial charge in [0.15, 0.2) is 6.61 Å². The molecule has 0 fully saturated rings.